The van der Waals surface area contributed by atoms with Crippen LogP contribution in [0.25, 0.3) is 0 Å². The molecule has 1 atom stereocenters. The molecule has 1 aliphatic heterocycles. The van der Waals surface area contributed by atoms with E-state index in [2.05, 4.69) is 15.9 Å². The fraction of sp³-hybridized carbons (Fsp3) is 0.500. The first-order chi connectivity index (χ1) is 8.93. The lowest BCUT2D eigenvalue weighted by atomic mass is 10.1. The Morgan fingerprint density at radius 3 is 2.79 bits per heavy atom. The van der Waals surface area contributed by atoms with E-state index in [0.29, 0.717) is 23.3 Å². The number of piperidine rings is 1. The van der Waals surface area contributed by atoms with Crippen molar-refractivity contribution in [2.75, 3.05) is 20.2 Å². The monoisotopic (exact) mass is 348 g/mol. The average molecular weight is 349 g/mol. The lowest BCUT2D eigenvalue weighted by Crippen LogP contribution is -2.45. The number of rotatable bonds is 3. The van der Waals surface area contributed by atoms with Gasteiger partial charge in [-0.25, -0.2) is 8.42 Å². The minimum Gasteiger partial charge on any atom is -0.497 e. The molecular formula is C12H17BrN2O3S. The van der Waals surface area contributed by atoms with E-state index in [9.17, 15) is 8.42 Å². The van der Waals surface area contributed by atoms with E-state index in [1.54, 1.807) is 12.1 Å². The van der Waals surface area contributed by atoms with Crippen LogP contribution >= 0.6 is 15.9 Å². The summed E-state index contributed by atoms with van der Waals surface area (Å²) in [6.07, 6.45) is 1.67. The summed E-state index contributed by atoms with van der Waals surface area (Å²) < 4.78 is 32.3. The second-order valence-corrected chi connectivity index (χ2v) is 7.45. The molecular weight excluding hydrogens is 332 g/mol. The van der Waals surface area contributed by atoms with Crippen LogP contribution in [0.1, 0.15) is 12.8 Å². The van der Waals surface area contributed by atoms with Gasteiger partial charge >= 0.3 is 0 Å². The van der Waals surface area contributed by atoms with Crippen LogP contribution < -0.4 is 10.5 Å². The standard InChI is InChI=1S/C12H17BrN2O3S/c1-18-11-5-9(13)6-12(7-11)19(16,17)15-4-2-3-10(14)8-15/h5-7,10H,2-4,8,14H2,1H3. The van der Waals surface area contributed by atoms with Crippen molar-refractivity contribution in [3.05, 3.63) is 22.7 Å². The van der Waals surface area contributed by atoms with Gasteiger partial charge in [0.1, 0.15) is 5.75 Å². The Balaban J connectivity index is 2.36. The van der Waals surface area contributed by atoms with E-state index in [1.807, 2.05) is 0 Å². The zero-order valence-corrected chi connectivity index (χ0v) is 13.1. The molecule has 1 aromatic carbocycles. The Morgan fingerprint density at radius 2 is 2.16 bits per heavy atom. The predicted octanol–water partition coefficient (Wildman–Crippen LogP) is 1.57. The Hall–Kier alpha value is -0.630. The van der Waals surface area contributed by atoms with Gasteiger partial charge in [-0.3, -0.25) is 0 Å². The first-order valence-corrected chi connectivity index (χ1v) is 8.27. The molecule has 0 aromatic heterocycles. The van der Waals surface area contributed by atoms with Gasteiger partial charge in [-0.1, -0.05) is 15.9 Å². The summed E-state index contributed by atoms with van der Waals surface area (Å²) in [7, 11) is -2.00. The van der Waals surface area contributed by atoms with Crippen LogP contribution in [0.4, 0.5) is 0 Å². The number of nitrogens with zero attached hydrogens (tertiary/aromatic N) is 1. The molecule has 2 rings (SSSR count). The van der Waals surface area contributed by atoms with Crippen molar-refractivity contribution >= 4 is 26.0 Å². The van der Waals surface area contributed by atoms with Gasteiger partial charge in [0, 0.05) is 29.7 Å². The van der Waals surface area contributed by atoms with Gasteiger partial charge in [-0.15, -0.1) is 0 Å². The van der Waals surface area contributed by atoms with E-state index < -0.39 is 10.0 Å². The zero-order valence-electron chi connectivity index (χ0n) is 10.7. The fourth-order valence-electron chi connectivity index (χ4n) is 2.15. The second kappa shape index (κ2) is 5.78. The largest absolute Gasteiger partial charge is 0.497 e. The number of ether oxygens (including phenoxy) is 1. The molecule has 106 valence electrons. The Morgan fingerprint density at radius 1 is 1.42 bits per heavy atom. The van der Waals surface area contributed by atoms with E-state index in [-0.39, 0.29) is 10.9 Å². The van der Waals surface area contributed by atoms with Crippen molar-refractivity contribution < 1.29 is 13.2 Å². The third-order valence-corrected chi connectivity index (χ3v) is 5.44. The molecule has 0 spiro atoms. The van der Waals surface area contributed by atoms with Gasteiger partial charge in [0.05, 0.1) is 12.0 Å². The van der Waals surface area contributed by atoms with Crippen molar-refractivity contribution in [3.63, 3.8) is 0 Å². The van der Waals surface area contributed by atoms with Crippen molar-refractivity contribution in [3.8, 4) is 5.75 Å². The Kier molecular flexibility index (Phi) is 4.50. The maximum atomic E-state index is 12.5. The van der Waals surface area contributed by atoms with E-state index in [0.717, 1.165) is 12.8 Å². The number of hydrogen-bond donors (Lipinski definition) is 1. The molecule has 0 amide bonds. The van der Waals surface area contributed by atoms with Crippen molar-refractivity contribution in [1.82, 2.24) is 4.31 Å². The normalized spacial score (nSPS) is 21.3. The van der Waals surface area contributed by atoms with Crippen LogP contribution in [0.3, 0.4) is 0 Å². The topological polar surface area (TPSA) is 72.6 Å². The van der Waals surface area contributed by atoms with Crippen LogP contribution in [0.5, 0.6) is 5.75 Å². The molecule has 0 bridgehead atoms. The number of nitrogens with two attached hydrogens (primary N) is 1. The molecule has 1 unspecified atom stereocenters. The van der Waals surface area contributed by atoms with Gasteiger partial charge in [0.2, 0.25) is 10.0 Å². The SMILES string of the molecule is COc1cc(Br)cc(S(=O)(=O)N2CCCC(N)C2)c1. The second-order valence-electron chi connectivity index (χ2n) is 4.59. The molecule has 0 saturated carbocycles. The number of hydrogen-bond acceptors (Lipinski definition) is 4. The maximum Gasteiger partial charge on any atom is 0.243 e. The molecule has 2 N–H and O–H groups in total. The minimum atomic E-state index is -3.51. The van der Waals surface area contributed by atoms with Crippen LogP contribution in [-0.4, -0.2) is 39.0 Å². The maximum absolute atomic E-state index is 12.5. The van der Waals surface area contributed by atoms with Crippen molar-refractivity contribution in [1.29, 1.82) is 0 Å². The summed E-state index contributed by atoms with van der Waals surface area (Å²) in [4.78, 5) is 0.229. The molecule has 5 nitrogen and oxygen atoms in total. The van der Waals surface area contributed by atoms with E-state index in [1.165, 1.54) is 17.5 Å². The summed E-state index contributed by atoms with van der Waals surface area (Å²) >= 11 is 3.29. The third-order valence-electron chi connectivity index (χ3n) is 3.14. The van der Waals surface area contributed by atoms with Crippen molar-refractivity contribution in [2.24, 2.45) is 5.73 Å². The minimum absolute atomic E-state index is 0.0856. The van der Waals surface area contributed by atoms with Gasteiger partial charge in [-0.2, -0.15) is 4.31 Å². The van der Waals surface area contributed by atoms with Crippen LogP contribution in [0, 0.1) is 0 Å². The van der Waals surface area contributed by atoms with E-state index >= 15 is 0 Å². The molecule has 19 heavy (non-hydrogen) atoms. The lowest BCUT2D eigenvalue weighted by molar-refractivity contribution is 0.316. The van der Waals surface area contributed by atoms with Gasteiger partial charge in [0.25, 0.3) is 0 Å². The molecule has 1 heterocycles. The summed E-state index contributed by atoms with van der Waals surface area (Å²) in [5.74, 6) is 0.509. The highest BCUT2D eigenvalue weighted by Crippen LogP contribution is 2.27. The zero-order chi connectivity index (χ0) is 14.0. The Labute approximate surface area is 121 Å². The summed E-state index contributed by atoms with van der Waals surface area (Å²) in [5.41, 5.74) is 5.85. The molecule has 0 aliphatic carbocycles. The lowest BCUT2D eigenvalue weighted by Gasteiger charge is -2.30. The number of benzene rings is 1. The molecule has 1 fully saturated rings. The van der Waals surface area contributed by atoms with E-state index in [4.69, 9.17) is 10.5 Å². The number of sulfonamides is 1. The average Bonchev–Trinajstić information content (AvgIpc) is 2.38. The number of methoxy groups -OCH3 is 1. The quantitative estimate of drug-likeness (QED) is 0.899. The highest BCUT2D eigenvalue weighted by atomic mass is 79.9. The first-order valence-electron chi connectivity index (χ1n) is 6.04. The molecule has 7 heteroatoms. The van der Waals surface area contributed by atoms with Crippen LogP contribution in [0.2, 0.25) is 0 Å². The first kappa shape index (κ1) is 14.8. The predicted molar refractivity (Wildman–Crippen MR) is 76.7 cm³/mol. The highest BCUT2D eigenvalue weighted by molar-refractivity contribution is 9.10. The molecule has 1 saturated heterocycles. The van der Waals surface area contributed by atoms with Crippen molar-refractivity contribution in [2.45, 2.75) is 23.8 Å². The Bertz CT molecular complexity index is 562. The number of halogens is 1. The van der Waals surface area contributed by atoms with Gasteiger partial charge in [-0.05, 0) is 25.0 Å². The molecule has 1 aromatic rings. The molecule has 1 aliphatic rings. The third kappa shape index (κ3) is 3.28. The van der Waals surface area contributed by atoms with Gasteiger partial charge < -0.3 is 10.5 Å². The molecule has 0 radical (unpaired) electrons. The smallest absolute Gasteiger partial charge is 0.243 e. The highest BCUT2D eigenvalue weighted by Gasteiger charge is 2.29. The van der Waals surface area contributed by atoms with Crippen LogP contribution in [0.15, 0.2) is 27.6 Å². The van der Waals surface area contributed by atoms with Gasteiger partial charge in [0.15, 0.2) is 0 Å². The summed E-state index contributed by atoms with van der Waals surface area (Å²) in [5, 5.41) is 0. The summed E-state index contributed by atoms with van der Waals surface area (Å²) in [6.45, 7) is 0.891. The van der Waals surface area contributed by atoms with Crippen LogP contribution in [-0.2, 0) is 10.0 Å². The summed E-state index contributed by atoms with van der Waals surface area (Å²) in [6, 6.07) is 4.75. The fourth-order valence-corrected chi connectivity index (χ4v) is 4.37.